The van der Waals surface area contributed by atoms with Crippen LogP contribution in [0.4, 0.5) is 0 Å². The summed E-state index contributed by atoms with van der Waals surface area (Å²) in [4.78, 5) is 13.8. The molecular formula is C8H6ClNO. The predicted molar refractivity (Wildman–Crippen MR) is 44.3 cm³/mol. The van der Waals surface area contributed by atoms with Crippen molar-refractivity contribution in [1.29, 1.82) is 0 Å². The van der Waals surface area contributed by atoms with E-state index in [9.17, 15) is 4.79 Å². The van der Waals surface area contributed by atoms with E-state index >= 15 is 0 Å². The van der Waals surface area contributed by atoms with Crippen LogP contribution in [-0.4, -0.2) is 11.3 Å². The Morgan fingerprint density at radius 2 is 2.27 bits per heavy atom. The normalized spacial score (nSPS) is 10.3. The molecule has 1 aromatic rings. The van der Waals surface area contributed by atoms with Crippen LogP contribution in [0.1, 0.15) is 5.69 Å². The lowest BCUT2D eigenvalue weighted by atomic mass is 10.3. The zero-order chi connectivity index (χ0) is 8.10. The fourth-order valence-corrected chi connectivity index (χ4v) is 0.825. The summed E-state index contributed by atoms with van der Waals surface area (Å²) in [5.41, 5.74) is 0.685. The van der Waals surface area contributed by atoms with Crippen LogP contribution in [0.2, 0.25) is 5.15 Å². The third-order valence-corrected chi connectivity index (χ3v) is 1.29. The molecule has 0 amide bonds. The molecule has 0 spiro atoms. The topological polar surface area (TPSA) is 30.0 Å². The fraction of sp³-hybridized carbons (Fsp3) is 0. The molecular weight excluding hydrogens is 162 g/mol. The Balaban J connectivity index is 2.87. The SMILES string of the molecule is O=CC=Cc1cccc(Cl)n1. The Morgan fingerprint density at radius 3 is 2.91 bits per heavy atom. The number of carbonyl (C=O) groups is 1. The number of nitrogens with zero attached hydrogens (tertiary/aromatic N) is 1. The molecule has 1 aromatic heterocycles. The van der Waals surface area contributed by atoms with Crippen LogP contribution in [0.3, 0.4) is 0 Å². The second-order valence-corrected chi connectivity index (χ2v) is 2.27. The summed E-state index contributed by atoms with van der Waals surface area (Å²) in [7, 11) is 0. The molecule has 0 saturated heterocycles. The number of carbonyl (C=O) groups excluding carboxylic acids is 1. The van der Waals surface area contributed by atoms with Gasteiger partial charge in [0, 0.05) is 0 Å². The van der Waals surface area contributed by atoms with E-state index in [4.69, 9.17) is 11.6 Å². The van der Waals surface area contributed by atoms with Crippen molar-refractivity contribution in [3.63, 3.8) is 0 Å². The van der Waals surface area contributed by atoms with E-state index in [1.807, 2.05) is 0 Å². The minimum absolute atomic E-state index is 0.429. The largest absolute Gasteiger partial charge is 0.299 e. The average molecular weight is 168 g/mol. The second-order valence-electron chi connectivity index (χ2n) is 1.88. The van der Waals surface area contributed by atoms with E-state index in [0.717, 1.165) is 0 Å². The Kier molecular flexibility index (Phi) is 2.81. The van der Waals surface area contributed by atoms with Gasteiger partial charge in [-0.2, -0.15) is 0 Å². The highest BCUT2D eigenvalue weighted by Crippen LogP contribution is 2.05. The van der Waals surface area contributed by atoms with E-state index in [2.05, 4.69) is 4.98 Å². The molecule has 0 unspecified atom stereocenters. The van der Waals surface area contributed by atoms with E-state index in [-0.39, 0.29) is 0 Å². The molecule has 0 atom stereocenters. The first kappa shape index (κ1) is 7.95. The van der Waals surface area contributed by atoms with Gasteiger partial charge in [-0.25, -0.2) is 4.98 Å². The van der Waals surface area contributed by atoms with Gasteiger partial charge in [0.2, 0.25) is 0 Å². The number of hydrogen-bond acceptors (Lipinski definition) is 2. The smallest absolute Gasteiger partial charge is 0.142 e. The molecule has 0 fully saturated rings. The van der Waals surface area contributed by atoms with Crippen LogP contribution in [0.5, 0.6) is 0 Å². The Morgan fingerprint density at radius 1 is 1.45 bits per heavy atom. The van der Waals surface area contributed by atoms with Crippen LogP contribution < -0.4 is 0 Å². The van der Waals surface area contributed by atoms with Crippen molar-refractivity contribution in [3.05, 3.63) is 35.1 Å². The highest BCUT2D eigenvalue weighted by atomic mass is 35.5. The van der Waals surface area contributed by atoms with Gasteiger partial charge in [0.1, 0.15) is 11.4 Å². The average Bonchev–Trinajstić information content (AvgIpc) is 2.01. The molecule has 0 saturated carbocycles. The summed E-state index contributed by atoms with van der Waals surface area (Å²) >= 11 is 5.59. The maximum absolute atomic E-state index is 9.92. The molecule has 3 heteroatoms. The van der Waals surface area contributed by atoms with E-state index in [1.54, 1.807) is 24.3 Å². The molecule has 0 aliphatic rings. The van der Waals surface area contributed by atoms with Gasteiger partial charge >= 0.3 is 0 Å². The van der Waals surface area contributed by atoms with E-state index in [1.165, 1.54) is 6.08 Å². The molecule has 0 aliphatic heterocycles. The summed E-state index contributed by atoms with van der Waals surface area (Å²) < 4.78 is 0. The molecule has 2 nitrogen and oxygen atoms in total. The van der Waals surface area contributed by atoms with Gasteiger partial charge < -0.3 is 0 Å². The summed E-state index contributed by atoms with van der Waals surface area (Å²) in [5, 5.41) is 0.429. The summed E-state index contributed by atoms with van der Waals surface area (Å²) in [6.45, 7) is 0. The van der Waals surface area contributed by atoms with Crippen LogP contribution in [-0.2, 0) is 4.79 Å². The Hall–Kier alpha value is -1.15. The lowest BCUT2D eigenvalue weighted by Gasteiger charge is -1.90. The van der Waals surface area contributed by atoms with Crippen molar-refractivity contribution in [2.24, 2.45) is 0 Å². The number of halogens is 1. The second kappa shape index (κ2) is 3.88. The van der Waals surface area contributed by atoms with Crippen molar-refractivity contribution < 1.29 is 4.79 Å². The minimum Gasteiger partial charge on any atom is -0.299 e. The molecule has 1 rings (SSSR count). The van der Waals surface area contributed by atoms with Gasteiger partial charge in [0.05, 0.1) is 5.69 Å². The Bertz CT molecular complexity index is 283. The lowest BCUT2D eigenvalue weighted by molar-refractivity contribution is -0.104. The summed E-state index contributed by atoms with van der Waals surface area (Å²) in [5.74, 6) is 0. The molecule has 56 valence electrons. The van der Waals surface area contributed by atoms with Gasteiger partial charge in [-0.05, 0) is 24.3 Å². The molecule has 0 bridgehead atoms. The highest BCUT2D eigenvalue weighted by molar-refractivity contribution is 6.29. The Labute approximate surface area is 69.5 Å². The van der Waals surface area contributed by atoms with Gasteiger partial charge in [-0.15, -0.1) is 0 Å². The van der Waals surface area contributed by atoms with Gasteiger partial charge in [0.25, 0.3) is 0 Å². The van der Waals surface area contributed by atoms with Crippen molar-refractivity contribution in [3.8, 4) is 0 Å². The highest BCUT2D eigenvalue weighted by Gasteiger charge is 1.88. The number of aldehydes is 1. The van der Waals surface area contributed by atoms with Crippen molar-refractivity contribution in [2.45, 2.75) is 0 Å². The van der Waals surface area contributed by atoms with E-state index in [0.29, 0.717) is 17.1 Å². The maximum Gasteiger partial charge on any atom is 0.142 e. The molecule has 0 radical (unpaired) electrons. The van der Waals surface area contributed by atoms with Gasteiger partial charge in [-0.1, -0.05) is 17.7 Å². The van der Waals surface area contributed by atoms with Crippen LogP contribution in [0, 0.1) is 0 Å². The quantitative estimate of drug-likeness (QED) is 0.383. The molecule has 1 heterocycles. The zero-order valence-corrected chi connectivity index (χ0v) is 6.45. The lowest BCUT2D eigenvalue weighted by Crippen LogP contribution is -1.79. The van der Waals surface area contributed by atoms with Crippen molar-refractivity contribution in [2.75, 3.05) is 0 Å². The van der Waals surface area contributed by atoms with Gasteiger partial charge in [0.15, 0.2) is 0 Å². The molecule has 11 heavy (non-hydrogen) atoms. The standard InChI is InChI=1S/C8H6ClNO/c9-8-5-1-3-7(10-8)4-2-6-11/h1-6H. The van der Waals surface area contributed by atoms with Gasteiger partial charge in [-0.3, -0.25) is 4.79 Å². The number of rotatable bonds is 2. The molecule has 0 N–H and O–H groups in total. The first-order chi connectivity index (χ1) is 5.33. The number of pyridine rings is 1. The summed E-state index contributed by atoms with van der Waals surface area (Å²) in [6, 6.07) is 5.23. The van der Waals surface area contributed by atoms with Crippen LogP contribution >= 0.6 is 11.6 Å². The maximum atomic E-state index is 9.92. The summed E-state index contributed by atoms with van der Waals surface area (Å²) in [6.07, 6.45) is 3.67. The fourth-order valence-electron chi connectivity index (χ4n) is 0.655. The van der Waals surface area contributed by atoms with Crippen LogP contribution in [0.15, 0.2) is 24.3 Å². The van der Waals surface area contributed by atoms with Crippen molar-refractivity contribution in [1.82, 2.24) is 4.98 Å². The predicted octanol–water partition coefficient (Wildman–Crippen LogP) is 1.95. The molecule has 0 aliphatic carbocycles. The monoisotopic (exact) mass is 167 g/mol. The number of allylic oxidation sites excluding steroid dienone is 1. The van der Waals surface area contributed by atoms with Crippen LogP contribution in [0.25, 0.3) is 6.08 Å². The minimum atomic E-state index is 0.429. The third-order valence-electron chi connectivity index (χ3n) is 1.08. The zero-order valence-electron chi connectivity index (χ0n) is 5.70. The first-order valence-electron chi connectivity index (χ1n) is 3.07. The number of hydrogen-bond donors (Lipinski definition) is 0. The molecule has 0 aromatic carbocycles. The third kappa shape index (κ3) is 2.51. The first-order valence-corrected chi connectivity index (χ1v) is 3.45. The van der Waals surface area contributed by atoms with Crippen molar-refractivity contribution >= 4 is 24.0 Å². The number of aromatic nitrogens is 1. The van der Waals surface area contributed by atoms with E-state index < -0.39 is 0 Å².